The Morgan fingerprint density at radius 1 is 0.795 bits per heavy atom. The zero-order chi connectivity index (χ0) is 27.3. The van der Waals surface area contributed by atoms with Gasteiger partial charge < -0.3 is 9.47 Å². The van der Waals surface area contributed by atoms with Gasteiger partial charge in [-0.3, -0.25) is 4.98 Å². The molecule has 4 rings (SSSR count). The second kappa shape index (κ2) is 16.3. The first-order valence-electron chi connectivity index (χ1n) is 15.8. The predicted octanol–water partition coefficient (Wildman–Crippen LogP) is 9.64. The van der Waals surface area contributed by atoms with Crippen molar-refractivity contribution in [1.29, 1.82) is 0 Å². The van der Waals surface area contributed by atoms with Crippen LogP contribution in [-0.2, 0) is 17.6 Å². The normalized spacial score (nSPS) is 16.8. The van der Waals surface area contributed by atoms with Crippen LogP contribution in [0.5, 0.6) is 5.75 Å². The number of pyridine rings is 1. The highest BCUT2D eigenvalue weighted by atomic mass is 19.2. The molecule has 2 aliphatic rings. The summed E-state index contributed by atoms with van der Waals surface area (Å²) in [5.74, 6) is 0.664. The Hall–Kier alpha value is -2.01. The summed E-state index contributed by atoms with van der Waals surface area (Å²) >= 11 is 0. The summed E-state index contributed by atoms with van der Waals surface area (Å²) in [6, 6.07) is 5.39. The third-order valence-electron chi connectivity index (χ3n) is 8.49. The third-order valence-corrected chi connectivity index (χ3v) is 8.49. The lowest BCUT2D eigenvalue weighted by Gasteiger charge is -2.26. The van der Waals surface area contributed by atoms with E-state index in [0.29, 0.717) is 36.0 Å². The number of fused-ring (bicyclic) bond motifs is 1. The maximum atomic E-state index is 15.2. The molecule has 1 fully saturated rings. The molecule has 1 aromatic carbocycles. The standard InChI is InChI=1S/C34H49F2NO2/c1-2-3-9-20-38-21-10-6-8-13-27-16-17-28-24-31(34(36)33(35)30(28)23-27)32-19-18-29(25-37-32)39-22-11-5-4-7-12-26-14-15-26/h18-19,24-27H,2-17,20-23H2,1H3. The van der Waals surface area contributed by atoms with Gasteiger partial charge in [-0.05, 0) is 79.7 Å². The van der Waals surface area contributed by atoms with Crippen LogP contribution in [0.1, 0.15) is 114 Å². The molecule has 2 aromatic rings. The van der Waals surface area contributed by atoms with E-state index in [2.05, 4.69) is 11.9 Å². The van der Waals surface area contributed by atoms with Crippen molar-refractivity contribution in [3.63, 3.8) is 0 Å². The average molecular weight is 542 g/mol. The molecule has 0 N–H and O–H groups in total. The smallest absolute Gasteiger partial charge is 0.168 e. The lowest BCUT2D eigenvalue weighted by atomic mass is 9.80. The molecule has 1 saturated carbocycles. The van der Waals surface area contributed by atoms with E-state index in [-0.39, 0.29) is 5.56 Å². The van der Waals surface area contributed by atoms with Crippen LogP contribution in [0.25, 0.3) is 11.3 Å². The van der Waals surface area contributed by atoms with E-state index in [0.717, 1.165) is 76.1 Å². The van der Waals surface area contributed by atoms with E-state index in [1.54, 1.807) is 12.3 Å². The quantitative estimate of drug-likeness (QED) is 0.166. The Morgan fingerprint density at radius 2 is 1.51 bits per heavy atom. The summed E-state index contributed by atoms with van der Waals surface area (Å²) in [6.45, 7) is 4.57. The molecule has 1 heterocycles. The Bertz CT molecular complexity index is 990. The van der Waals surface area contributed by atoms with Crippen LogP contribution in [0.4, 0.5) is 8.78 Å². The van der Waals surface area contributed by atoms with Gasteiger partial charge in [-0.1, -0.05) is 77.6 Å². The van der Waals surface area contributed by atoms with Crippen LogP contribution >= 0.6 is 0 Å². The van der Waals surface area contributed by atoms with Gasteiger partial charge in [0.1, 0.15) is 5.75 Å². The zero-order valence-electron chi connectivity index (χ0n) is 24.1. The minimum atomic E-state index is -0.776. The van der Waals surface area contributed by atoms with Gasteiger partial charge in [-0.25, -0.2) is 8.78 Å². The summed E-state index contributed by atoms with van der Waals surface area (Å²) in [4.78, 5) is 4.41. The number of halogens is 2. The number of benzene rings is 1. The Morgan fingerprint density at radius 3 is 2.26 bits per heavy atom. The molecule has 0 saturated heterocycles. The average Bonchev–Trinajstić information content (AvgIpc) is 3.79. The SMILES string of the molecule is CCCCCOCCCCCC1CCc2cc(-c3ccc(OCCCCCCC4CC4)cn3)c(F)c(F)c2C1. The summed E-state index contributed by atoms with van der Waals surface area (Å²) in [6.07, 6.45) is 21.2. The molecule has 3 nitrogen and oxygen atoms in total. The second-order valence-electron chi connectivity index (χ2n) is 11.8. The van der Waals surface area contributed by atoms with Gasteiger partial charge in [0.2, 0.25) is 0 Å². The Kier molecular flexibility index (Phi) is 12.5. The van der Waals surface area contributed by atoms with Crippen molar-refractivity contribution < 1.29 is 18.3 Å². The highest BCUT2D eigenvalue weighted by molar-refractivity contribution is 5.63. The molecule has 39 heavy (non-hydrogen) atoms. The molecule has 0 radical (unpaired) electrons. The first-order valence-corrected chi connectivity index (χ1v) is 15.8. The summed E-state index contributed by atoms with van der Waals surface area (Å²) in [7, 11) is 0. The van der Waals surface area contributed by atoms with Crippen LogP contribution in [0.2, 0.25) is 0 Å². The van der Waals surface area contributed by atoms with Crippen molar-refractivity contribution in [1.82, 2.24) is 4.98 Å². The van der Waals surface area contributed by atoms with Crippen LogP contribution in [0.15, 0.2) is 24.4 Å². The van der Waals surface area contributed by atoms with E-state index >= 15 is 8.78 Å². The Labute approximate surface area is 235 Å². The van der Waals surface area contributed by atoms with Gasteiger partial charge in [0.15, 0.2) is 11.6 Å². The van der Waals surface area contributed by atoms with Crippen molar-refractivity contribution in [2.75, 3.05) is 19.8 Å². The molecular weight excluding hydrogens is 492 g/mol. The number of rotatable bonds is 19. The number of ether oxygens (including phenoxy) is 2. The largest absolute Gasteiger partial charge is 0.492 e. The van der Waals surface area contributed by atoms with E-state index in [4.69, 9.17) is 9.47 Å². The molecule has 5 heteroatoms. The van der Waals surface area contributed by atoms with Gasteiger partial charge in [-0.15, -0.1) is 0 Å². The molecule has 216 valence electrons. The van der Waals surface area contributed by atoms with E-state index in [1.807, 2.05) is 12.1 Å². The molecule has 0 bridgehead atoms. The van der Waals surface area contributed by atoms with Gasteiger partial charge in [0.25, 0.3) is 0 Å². The molecule has 2 aliphatic carbocycles. The fourth-order valence-corrected chi connectivity index (χ4v) is 5.82. The molecule has 1 aromatic heterocycles. The lowest BCUT2D eigenvalue weighted by molar-refractivity contribution is 0.125. The molecule has 1 atom stereocenters. The lowest BCUT2D eigenvalue weighted by Crippen LogP contribution is -2.17. The number of hydrogen-bond donors (Lipinski definition) is 0. The van der Waals surface area contributed by atoms with Crippen LogP contribution < -0.4 is 4.74 Å². The van der Waals surface area contributed by atoms with Crippen molar-refractivity contribution in [3.05, 3.63) is 47.2 Å². The third kappa shape index (κ3) is 9.84. The summed E-state index contributed by atoms with van der Waals surface area (Å²) in [5, 5.41) is 0. The van der Waals surface area contributed by atoms with Gasteiger partial charge in [0, 0.05) is 18.8 Å². The first-order chi connectivity index (χ1) is 19.2. The highest BCUT2D eigenvalue weighted by Crippen LogP contribution is 2.36. The van der Waals surface area contributed by atoms with E-state index < -0.39 is 11.6 Å². The van der Waals surface area contributed by atoms with Gasteiger partial charge in [-0.2, -0.15) is 0 Å². The minimum Gasteiger partial charge on any atom is -0.492 e. The van der Waals surface area contributed by atoms with Crippen molar-refractivity contribution in [2.45, 2.75) is 116 Å². The number of aromatic nitrogens is 1. The number of hydrogen-bond acceptors (Lipinski definition) is 3. The molecule has 0 spiro atoms. The van der Waals surface area contributed by atoms with Crippen molar-refractivity contribution >= 4 is 0 Å². The maximum Gasteiger partial charge on any atom is 0.168 e. The zero-order valence-corrected chi connectivity index (χ0v) is 24.1. The maximum absolute atomic E-state index is 15.2. The van der Waals surface area contributed by atoms with Crippen LogP contribution in [-0.4, -0.2) is 24.8 Å². The minimum absolute atomic E-state index is 0.255. The van der Waals surface area contributed by atoms with Gasteiger partial charge >= 0.3 is 0 Å². The summed E-state index contributed by atoms with van der Waals surface area (Å²) < 4.78 is 41.9. The number of nitrogens with zero attached hydrogens (tertiary/aromatic N) is 1. The molecule has 0 aliphatic heterocycles. The first kappa shape index (κ1) is 30.0. The van der Waals surface area contributed by atoms with Crippen LogP contribution in [0.3, 0.4) is 0 Å². The monoisotopic (exact) mass is 541 g/mol. The summed E-state index contributed by atoms with van der Waals surface area (Å²) in [5.41, 5.74) is 2.22. The topological polar surface area (TPSA) is 31.4 Å². The Balaban J connectivity index is 1.19. The van der Waals surface area contributed by atoms with Crippen molar-refractivity contribution in [2.24, 2.45) is 11.8 Å². The predicted molar refractivity (Wildman–Crippen MR) is 155 cm³/mol. The number of unbranched alkanes of at least 4 members (excludes halogenated alkanes) is 7. The van der Waals surface area contributed by atoms with Gasteiger partial charge in [0.05, 0.1) is 18.5 Å². The van der Waals surface area contributed by atoms with Crippen molar-refractivity contribution in [3.8, 4) is 17.0 Å². The second-order valence-corrected chi connectivity index (χ2v) is 11.8. The fraction of sp³-hybridized carbons (Fsp3) is 0.676. The molecular formula is C34H49F2NO2. The van der Waals surface area contributed by atoms with E-state index in [1.165, 1.54) is 51.4 Å². The van der Waals surface area contributed by atoms with Crippen LogP contribution in [0, 0.1) is 23.5 Å². The fourth-order valence-electron chi connectivity index (χ4n) is 5.82. The number of aryl methyl sites for hydroxylation is 1. The van der Waals surface area contributed by atoms with E-state index in [9.17, 15) is 0 Å². The highest BCUT2D eigenvalue weighted by Gasteiger charge is 2.26. The molecule has 0 amide bonds. The molecule has 1 unspecified atom stereocenters.